The first kappa shape index (κ1) is 23.2. The highest BCUT2D eigenvalue weighted by Crippen LogP contribution is 2.41. The fourth-order valence-corrected chi connectivity index (χ4v) is 4.73. The highest BCUT2D eigenvalue weighted by atomic mass is 35.5. The average Bonchev–Trinajstić information content (AvgIpc) is 2.67. The van der Waals surface area contributed by atoms with Crippen LogP contribution < -0.4 is 10.5 Å². The Morgan fingerprint density at radius 2 is 1.84 bits per heavy atom. The fourth-order valence-electron chi connectivity index (χ4n) is 3.75. The lowest BCUT2D eigenvalue weighted by Gasteiger charge is -2.48. The number of hydrogen-bond acceptors (Lipinski definition) is 5. The number of nitrogens with zero attached hydrogens (tertiary/aromatic N) is 1. The van der Waals surface area contributed by atoms with Gasteiger partial charge in [0.25, 0.3) is 10.2 Å². The molecule has 166 valence electrons. The third kappa shape index (κ3) is 4.45. The van der Waals surface area contributed by atoms with Crippen molar-refractivity contribution in [1.82, 2.24) is 4.31 Å². The normalized spacial score (nSPS) is 15.9. The second-order valence-electron chi connectivity index (χ2n) is 7.77. The molecule has 0 unspecified atom stereocenters. The Balaban J connectivity index is 2.05. The number of esters is 1. The van der Waals surface area contributed by atoms with Crippen molar-refractivity contribution in [3.8, 4) is 0 Å². The lowest BCUT2D eigenvalue weighted by molar-refractivity contribution is -0.125. The van der Waals surface area contributed by atoms with E-state index in [2.05, 4.69) is 5.32 Å². The van der Waals surface area contributed by atoms with E-state index in [1.54, 1.807) is 6.07 Å². The standard InChI is InChI=1S/C21H24ClN3O5S/c1-13(2)15-6-4-5-7-17(15)21(11-25(12-21)31(23,28)29)20(27)24-18-9-8-14(22)10-16(18)19(26)30-3/h4-10,13H,11-12H2,1-3H3,(H,24,27)(H2,23,28,29). The van der Waals surface area contributed by atoms with Crippen molar-refractivity contribution in [2.75, 3.05) is 25.5 Å². The smallest absolute Gasteiger partial charge is 0.340 e. The first-order valence-electron chi connectivity index (χ1n) is 9.56. The van der Waals surface area contributed by atoms with Crippen LogP contribution in [0.15, 0.2) is 42.5 Å². The predicted octanol–water partition coefficient (Wildman–Crippen LogP) is 2.65. The van der Waals surface area contributed by atoms with E-state index in [9.17, 15) is 18.0 Å². The van der Waals surface area contributed by atoms with Crippen LogP contribution in [0.5, 0.6) is 0 Å². The molecule has 1 aliphatic heterocycles. The van der Waals surface area contributed by atoms with Crippen molar-refractivity contribution < 1.29 is 22.7 Å². The highest BCUT2D eigenvalue weighted by Gasteiger charge is 2.54. The average molecular weight is 466 g/mol. The molecule has 0 bridgehead atoms. The van der Waals surface area contributed by atoms with Crippen LogP contribution in [0.3, 0.4) is 0 Å². The van der Waals surface area contributed by atoms with Gasteiger partial charge in [-0.2, -0.15) is 12.7 Å². The summed E-state index contributed by atoms with van der Waals surface area (Å²) in [6.45, 7) is 3.77. The van der Waals surface area contributed by atoms with Crippen LogP contribution >= 0.6 is 11.6 Å². The minimum Gasteiger partial charge on any atom is -0.465 e. The summed E-state index contributed by atoms with van der Waals surface area (Å²) >= 11 is 6.00. The summed E-state index contributed by atoms with van der Waals surface area (Å²) in [5.74, 6) is -1.01. The molecular formula is C21H24ClN3O5S. The first-order valence-corrected chi connectivity index (χ1v) is 11.4. The van der Waals surface area contributed by atoms with Crippen molar-refractivity contribution >= 4 is 39.4 Å². The van der Waals surface area contributed by atoms with Crippen LogP contribution in [0.25, 0.3) is 0 Å². The van der Waals surface area contributed by atoms with Crippen LogP contribution in [0.1, 0.15) is 41.3 Å². The molecule has 3 N–H and O–H groups in total. The maximum Gasteiger partial charge on any atom is 0.340 e. The van der Waals surface area contributed by atoms with Gasteiger partial charge in [0.05, 0.1) is 18.4 Å². The predicted molar refractivity (Wildman–Crippen MR) is 118 cm³/mol. The maximum absolute atomic E-state index is 13.6. The topological polar surface area (TPSA) is 119 Å². The molecule has 1 amide bonds. The first-order chi connectivity index (χ1) is 14.5. The van der Waals surface area contributed by atoms with E-state index in [0.29, 0.717) is 5.02 Å². The molecule has 1 aliphatic rings. The van der Waals surface area contributed by atoms with Gasteiger partial charge in [0.15, 0.2) is 0 Å². The van der Waals surface area contributed by atoms with Gasteiger partial charge in [-0.1, -0.05) is 49.7 Å². The molecule has 0 radical (unpaired) electrons. The van der Waals surface area contributed by atoms with E-state index in [0.717, 1.165) is 15.4 Å². The number of nitrogens with two attached hydrogens (primary N) is 1. The molecular weight excluding hydrogens is 442 g/mol. The van der Waals surface area contributed by atoms with Gasteiger partial charge < -0.3 is 10.1 Å². The van der Waals surface area contributed by atoms with Gasteiger partial charge in [-0.3, -0.25) is 4.79 Å². The van der Waals surface area contributed by atoms with Gasteiger partial charge >= 0.3 is 5.97 Å². The zero-order chi connectivity index (χ0) is 23.0. The summed E-state index contributed by atoms with van der Waals surface area (Å²) in [6, 6.07) is 11.8. The number of halogens is 1. The van der Waals surface area contributed by atoms with E-state index in [4.69, 9.17) is 21.5 Å². The number of anilines is 1. The number of ether oxygens (including phenoxy) is 1. The van der Waals surface area contributed by atoms with E-state index < -0.39 is 27.5 Å². The maximum atomic E-state index is 13.6. The van der Waals surface area contributed by atoms with Gasteiger partial charge in [-0.25, -0.2) is 9.93 Å². The molecule has 1 fully saturated rings. The number of rotatable bonds is 6. The van der Waals surface area contributed by atoms with Crippen LogP contribution in [-0.4, -0.2) is 44.8 Å². The fraction of sp³-hybridized carbons (Fsp3) is 0.333. The van der Waals surface area contributed by atoms with Gasteiger partial charge in [-0.15, -0.1) is 0 Å². The molecule has 2 aromatic rings. The largest absolute Gasteiger partial charge is 0.465 e. The summed E-state index contributed by atoms with van der Waals surface area (Å²) in [5, 5.41) is 8.36. The quantitative estimate of drug-likeness (QED) is 0.635. The lowest BCUT2D eigenvalue weighted by atomic mass is 9.71. The third-order valence-electron chi connectivity index (χ3n) is 5.42. The second kappa shape index (κ2) is 8.58. The molecule has 1 heterocycles. The van der Waals surface area contributed by atoms with Crippen LogP contribution in [0, 0.1) is 0 Å². The van der Waals surface area contributed by atoms with E-state index >= 15 is 0 Å². The molecule has 0 aliphatic carbocycles. The second-order valence-corrected chi connectivity index (χ2v) is 9.76. The Labute approximate surface area is 186 Å². The van der Waals surface area contributed by atoms with E-state index in [-0.39, 0.29) is 30.3 Å². The monoisotopic (exact) mass is 465 g/mol. The number of methoxy groups -OCH3 is 1. The number of hydrogen-bond donors (Lipinski definition) is 2. The Morgan fingerprint density at radius 1 is 1.19 bits per heavy atom. The Bertz CT molecular complexity index is 1130. The molecule has 10 heteroatoms. The number of benzene rings is 2. The number of nitrogens with one attached hydrogen (secondary N) is 1. The molecule has 0 aromatic heterocycles. The van der Waals surface area contributed by atoms with Gasteiger partial charge in [-0.05, 0) is 35.2 Å². The molecule has 0 atom stereocenters. The third-order valence-corrected chi connectivity index (χ3v) is 6.63. The molecule has 3 rings (SSSR count). The van der Waals surface area contributed by atoms with E-state index in [1.165, 1.54) is 25.3 Å². The summed E-state index contributed by atoms with van der Waals surface area (Å²) in [6.07, 6.45) is 0. The number of carbonyl (C=O) groups excluding carboxylic acids is 2. The Kier molecular flexibility index (Phi) is 6.43. The van der Waals surface area contributed by atoms with Crippen molar-refractivity contribution in [2.45, 2.75) is 25.2 Å². The van der Waals surface area contributed by atoms with Crippen LogP contribution in [0.2, 0.25) is 5.02 Å². The van der Waals surface area contributed by atoms with Gasteiger partial charge in [0.2, 0.25) is 5.91 Å². The van der Waals surface area contributed by atoms with Crippen molar-refractivity contribution in [1.29, 1.82) is 0 Å². The molecule has 1 saturated heterocycles. The molecule has 31 heavy (non-hydrogen) atoms. The number of amides is 1. The van der Waals surface area contributed by atoms with E-state index in [1.807, 2.05) is 32.0 Å². The van der Waals surface area contributed by atoms with Crippen LogP contribution in [0.4, 0.5) is 5.69 Å². The van der Waals surface area contributed by atoms with Crippen LogP contribution in [-0.2, 0) is 25.2 Å². The summed E-state index contributed by atoms with van der Waals surface area (Å²) in [5.41, 5.74) is 0.794. The zero-order valence-electron chi connectivity index (χ0n) is 17.4. The molecule has 0 saturated carbocycles. The zero-order valence-corrected chi connectivity index (χ0v) is 19.0. The van der Waals surface area contributed by atoms with Gasteiger partial charge in [0.1, 0.15) is 5.41 Å². The molecule has 8 nitrogen and oxygen atoms in total. The van der Waals surface area contributed by atoms with Crippen molar-refractivity contribution in [2.24, 2.45) is 5.14 Å². The minimum absolute atomic E-state index is 0.0956. The molecule has 0 spiro atoms. The van der Waals surface area contributed by atoms with Crippen molar-refractivity contribution in [3.63, 3.8) is 0 Å². The Hall–Kier alpha value is -2.46. The number of carbonyl (C=O) groups is 2. The molecule has 2 aromatic carbocycles. The summed E-state index contributed by atoms with van der Waals surface area (Å²) < 4.78 is 29.5. The lowest BCUT2D eigenvalue weighted by Crippen LogP contribution is -2.67. The summed E-state index contributed by atoms with van der Waals surface area (Å²) in [7, 11) is -2.73. The van der Waals surface area contributed by atoms with Crippen molar-refractivity contribution in [3.05, 3.63) is 64.2 Å². The summed E-state index contributed by atoms with van der Waals surface area (Å²) in [4.78, 5) is 25.7. The Morgan fingerprint density at radius 3 is 2.42 bits per heavy atom. The minimum atomic E-state index is -3.95. The SMILES string of the molecule is COC(=O)c1cc(Cl)ccc1NC(=O)C1(c2ccccc2C(C)C)CN(S(N)(=O)=O)C1. The van der Waals surface area contributed by atoms with Gasteiger partial charge in [0, 0.05) is 18.1 Å². The highest BCUT2D eigenvalue weighted by molar-refractivity contribution is 7.86.